The number of rotatable bonds is 7. The summed E-state index contributed by atoms with van der Waals surface area (Å²) in [5, 5.41) is 20.0. The summed E-state index contributed by atoms with van der Waals surface area (Å²) in [6.45, 7) is 3.21. The zero-order chi connectivity index (χ0) is 16.0. The highest BCUT2D eigenvalue weighted by Crippen LogP contribution is 2.31. The number of aromatic nitrogens is 1. The van der Waals surface area contributed by atoms with Gasteiger partial charge in [-0.25, -0.2) is 0 Å². The summed E-state index contributed by atoms with van der Waals surface area (Å²) in [5.74, 6) is -0.354. The molecule has 0 aromatic carbocycles. The number of pyridine rings is 1. The Morgan fingerprint density at radius 3 is 2.71 bits per heavy atom. The lowest BCUT2D eigenvalue weighted by Crippen LogP contribution is -2.19. The van der Waals surface area contributed by atoms with Crippen molar-refractivity contribution in [2.45, 2.75) is 25.2 Å². The Kier molecular flexibility index (Phi) is 6.38. The molecule has 0 bridgehead atoms. The van der Waals surface area contributed by atoms with Crippen molar-refractivity contribution in [3.63, 3.8) is 0 Å². The number of aliphatic hydroxyl groups is 1. The molecular formula is C12H16N2O6S. The van der Waals surface area contributed by atoms with E-state index in [0.717, 1.165) is 11.8 Å². The number of esters is 1. The van der Waals surface area contributed by atoms with Gasteiger partial charge in [-0.3, -0.25) is 19.7 Å². The van der Waals surface area contributed by atoms with Crippen LogP contribution >= 0.6 is 11.8 Å². The molecule has 0 saturated heterocycles. The molecule has 0 spiro atoms. The maximum Gasteiger partial charge on any atom is 0.347 e. The molecule has 1 rings (SSSR count). The summed E-state index contributed by atoms with van der Waals surface area (Å²) in [5.41, 5.74) is -0.721. The number of hydrogen-bond donors (Lipinski definition) is 2. The monoisotopic (exact) mass is 316 g/mol. The van der Waals surface area contributed by atoms with Crippen molar-refractivity contribution in [3.8, 4) is 0 Å². The lowest BCUT2D eigenvalue weighted by Gasteiger charge is -2.11. The van der Waals surface area contributed by atoms with E-state index in [4.69, 9.17) is 9.84 Å². The van der Waals surface area contributed by atoms with Gasteiger partial charge in [-0.05, 0) is 13.8 Å². The van der Waals surface area contributed by atoms with E-state index >= 15 is 0 Å². The zero-order valence-electron chi connectivity index (χ0n) is 11.7. The van der Waals surface area contributed by atoms with Crippen LogP contribution in [0, 0.1) is 17.0 Å². The average Bonchev–Trinajstić information content (AvgIpc) is 2.39. The lowest BCUT2D eigenvalue weighted by atomic mass is 10.1. The zero-order valence-corrected chi connectivity index (χ0v) is 12.5. The highest BCUT2D eigenvalue weighted by Gasteiger charge is 2.26. The normalized spacial score (nSPS) is 10.4. The van der Waals surface area contributed by atoms with Gasteiger partial charge in [0.05, 0.1) is 29.5 Å². The van der Waals surface area contributed by atoms with Crippen LogP contribution in [0.25, 0.3) is 0 Å². The number of aromatic amines is 1. The van der Waals surface area contributed by atoms with E-state index in [0.29, 0.717) is 11.3 Å². The van der Waals surface area contributed by atoms with Crippen LogP contribution in [0.5, 0.6) is 0 Å². The fourth-order valence-electron chi connectivity index (χ4n) is 1.76. The van der Waals surface area contributed by atoms with Crippen LogP contribution in [-0.2, 0) is 16.0 Å². The van der Waals surface area contributed by atoms with Gasteiger partial charge in [-0.2, -0.15) is 0 Å². The number of H-pyrrole nitrogens is 1. The topological polar surface area (TPSA) is 123 Å². The number of aliphatic hydroxyl groups excluding tert-OH is 1. The third-order valence-corrected chi connectivity index (χ3v) is 3.72. The summed E-state index contributed by atoms with van der Waals surface area (Å²) < 4.78 is 4.83. The van der Waals surface area contributed by atoms with Gasteiger partial charge in [0.1, 0.15) is 0 Å². The molecule has 21 heavy (non-hydrogen) atoms. The van der Waals surface area contributed by atoms with Crippen LogP contribution in [-0.4, -0.2) is 39.9 Å². The second-order valence-corrected chi connectivity index (χ2v) is 5.15. The first-order valence-corrected chi connectivity index (χ1v) is 7.20. The van der Waals surface area contributed by atoms with E-state index < -0.39 is 22.1 Å². The van der Waals surface area contributed by atoms with E-state index in [-0.39, 0.29) is 30.3 Å². The first kappa shape index (κ1) is 17.2. The van der Waals surface area contributed by atoms with E-state index in [2.05, 4.69) is 4.98 Å². The number of nitrogens with zero attached hydrogens (tertiary/aromatic N) is 1. The maximum atomic E-state index is 11.7. The van der Waals surface area contributed by atoms with E-state index in [1.807, 2.05) is 0 Å². The predicted molar refractivity (Wildman–Crippen MR) is 76.6 cm³/mol. The molecule has 0 aliphatic rings. The molecule has 0 amide bonds. The van der Waals surface area contributed by atoms with Gasteiger partial charge in [0.25, 0.3) is 0 Å². The van der Waals surface area contributed by atoms with Gasteiger partial charge in [0.2, 0.25) is 0 Å². The largest absolute Gasteiger partial charge is 0.466 e. The van der Waals surface area contributed by atoms with Crippen LogP contribution in [0.3, 0.4) is 0 Å². The average molecular weight is 316 g/mol. The minimum atomic E-state index is -0.828. The fraction of sp³-hybridized carbons (Fsp3) is 0.500. The van der Waals surface area contributed by atoms with Crippen molar-refractivity contribution in [1.29, 1.82) is 0 Å². The molecule has 0 fully saturated rings. The van der Waals surface area contributed by atoms with Gasteiger partial charge >= 0.3 is 17.2 Å². The van der Waals surface area contributed by atoms with Crippen LogP contribution < -0.4 is 5.56 Å². The summed E-state index contributed by atoms with van der Waals surface area (Å²) in [4.78, 5) is 36.1. The van der Waals surface area contributed by atoms with Crippen molar-refractivity contribution < 1.29 is 19.6 Å². The Labute approximate surface area is 124 Å². The van der Waals surface area contributed by atoms with Crippen molar-refractivity contribution >= 4 is 23.4 Å². The number of nitro groups is 1. The standard InChI is InChI=1S/C12H16N2O6S/c1-3-20-9(16)6-8-7(2)13-12(17)10(14(18)19)11(8)21-5-4-15/h15H,3-6H2,1-2H3,(H,13,17). The molecule has 0 aliphatic heterocycles. The Morgan fingerprint density at radius 1 is 1.52 bits per heavy atom. The highest BCUT2D eigenvalue weighted by atomic mass is 32.2. The smallest absolute Gasteiger partial charge is 0.347 e. The minimum Gasteiger partial charge on any atom is -0.466 e. The molecule has 0 atom stereocenters. The van der Waals surface area contributed by atoms with Crippen LogP contribution in [0.4, 0.5) is 5.69 Å². The summed E-state index contributed by atoms with van der Waals surface area (Å²) in [6.07, 6.45) is -0.176. The number of hydrogen-bond acceptors (Lipinski definition) is 7. The number of carbonyl (C=O) groups excluding carboxylic acids is 1. The number of aryl methyl sites for hydroxylation is 1. The Balaban J connectivity index is 3.38. The van der Waals surface area contributed by atoms with Gasteiger partial charge in [0, 0.05) is 17.0 Å². The van der Waals surface area contributed by atoms with Crippen LogP contribution in [0.2, 0.25) is 0 Å². The Bertz CT molecular complexity index is 598. The van der Waals surface area contributed by atoms with E-state index in [1.54, 1.807) is 13.8 Å². The van der Waals surface area contributed by atoms with Gasteiger partial charge < -0.3 is 14.8 Å². The third kappa shape index (κ3) is 4.30. The van der Waals surface area contributed by atoms with Crippen LogP contribution in [0.15, 0.2) is 9.69 Å². The number of ether oxygens (including phenoxy) is 1. The fourth-order valence-corrected chi connectivity index (χ4v) is 2.76. The molecule has 116 valence electrons. The molecule has 1 aromatic heterocycles. The van der Waals surface area contributed by atoms with Gasteiger partial charge in [-0.15, -0.1) is 11.8 Å². The molecule has 8 nitrogen and oxygen atoms in total. The minimum absolute atomic E-state index is 0.100. The Hall–Kier alpha value is -1.87. The predicted octanol–water partition coefficient (Wildman–Crippen LogP) is 0.782. The van der Waals surface area contributed by atoms with Gasteiger partial charge in [-0.1, -0.05) is 0 Å². The van der Waals surface area contributed by atoms with Gasteiger partial charge in [0.15, 0.2) is 0 Å². The van der Waals surface area contributed by atoms with Crippen molar-refractivity contribution in [3.05, 3.63) is 31.7 Å². The summed E-state index contributed by atoms with van der Waals surface area (Å²) in [7, 11) is 0. The molecule has 0 radical (unpaired) electrons. The molecule has 1 heterocycles. The summed E-state index contributed by atoms with van der Waals surface area (Å²) >= 11 is 0.971. The first-order chi connectivity index (χ1) is 9.92. The van der Waals surface area contributed by atoms with E-state index in [9.17, 15) is 19.7 Å². The number of nitrogens with one attached hydrogen (secondary N) is 1. The molecule has 9 heteroatoms. The summed E-state index contributed by atoms with van der Waals surface area (Å²) in [6, 6.07) is 0. The highest BCUT2D eigenvalue weighted by molar-refractivity contribution is 7.99. The third-order valence-electron chi connectivity index (χ3n) is 2.60. The lowest BCUT2D eigenvalue weighted by molar-refractivity contribution is -0.389. The SMILES string of the molecule is CCOC(=O)Cc1c(C)[nH]c(=O)c([N+](=O)[O-])c1SCCO. The first-order valence-electron chi connectivity index (χ1n) is 6.21. The number of thioether (sulfide) groups is 1. The van der Waals surface area contributed by atoms with Crippen molar-refractivity contribution in [1.82, 2.24) is 4.98 Å². The maximum absolute atomic E-state index is 11.7. The van der Waals surface area contributed by atoms with E-state index in [1.165, 1.54) is 0 Å². The Morgan fingerprint density at radius 2 is 2.19 bits per heavy atom. The number of carbonyl (C=O) groups is 1. The molecule has 0 saturated carbocycles. The molecule has 0 aliphatic carbocycles. The van der Waals surface area contributed by atoms with Crippen molar-refractivity contribution in [2.24, 2.45) is 0 Å². The second kappa shape index (κ2) is 7.79. The molecule has 1 aromatic rings. The quantitative estimate of drug-likeness (QED) is 0.330. The molecule has 2 N–H and O–H groups in total. The van der Waals surface area contributed by atoms with Crippen LogP contribution in [0.1, 0.15) is 18.2 Å². The molecule has 0 unspecified atom stereocenters. The second-order valence-electron chi connectivity index (χ2n) is 4.05. The van der Waals surface area contributed by atoms with Crippen molar-refractivity contribution in [2.75, 3.05) is 19.0 Å². The molecular weight excluding hydrogens is 300 g/mol.